The van der Waals surface area contributed by atoms with Gasteiger partial charge < -0.3 is 14.4 Å². The largest absolute Gasteiger partial charge is 0.360 e. The molecule has 0 unspecified atom stereocenters. The minimum Gasteiger partial charge on any atom is -0.360 e. The van der Waals surface area contributed by atoms with Gasteiger partial charge in [0.15, 0.2) is 5.82 Å². The van der Waals surface area contributed by atoms with Crippen LogP contribution in [0.2, 0.25) is 0 Å². The van der Waals surface area contributed by atoms with Gasteiger partial charge in [0, 0.05) is 29.5 Å². The fourth-order valence-electron chi connectivity index (χ4n) is 4.06. The molecule has 5 rings (SSSR count). The molecule has 34 heavy (non-hydrogen) atoms. The predicted molar refractivity (Wildman–Crippen MR) is 128 cm³/mol. The zero-order valence-electron chi connectivity index (χ0n) is 18.8. The third kappa shape index (κ3) is 4.75. The molecule has 174 valence electrons. The fraction of sp³-hybridized carbons (Fsp3) is 0.280. The number of amides is 1. The van der Waals surface area contributed by atoms with Crippen LogP contribution in [0.15, 0.2) is 57.9 Å². The maximum Gasteiger partial charge on any atom is 0.256 e. The number of nitrogens with zero attached hydrogens (tertiary/aromatic N) is 4. The zero-order chi connectivity index (χ0) is 23.5. The summed E-state index contributed by atoms with van der Waals surface area (Å²) < 4.78 is 22.0. The number of halogens is 1. The molecule has 1 amide bonds. The van der Waals surface area contributed by atoms with Crippen LogP contribution in [-0.2, 0) is 18.7 Å². The van der Waals surface area contributed by atoms with Crippen molar-refractivity contribution in [2.24, 2.45) is 0 Å². The van der Waals surface area contributed by atoms with Gasteiger partial charge >= 0.3 is 0 Å². The van der Waals surface area contributed by atoms with Crippen molar-refractivity contribution in [2.75, 3.05) is 5.32 Å². The van der Waals surface area contributed by atoms with Gasteiger partial charge in [-0.1, -0.05) is 23.7 Å². The summed E-state index contributed by atoms with van der Waals surface area (Å²) >= 11 is 1.47. The van der Waals surface area contributed by atoms with Gasteiger partial charge in [-0.15, -0.1) is 22.0 Å². The SMILES string of the molecule is Cc1cc(CSc2ccccc2C(=O)Nc2cc(-c3nnc4n3CCCCC4)ccc2F)on1. The molecule has 4 aromatic rings. The van der Waals surface area contributed by atoms with Crippen LogP contribution >= 0.6 is 11.8 Å². The smallest absolute Gasteiger partial charge is 0.256 e. The summed E-state index contributed by atoms with van der Waals surface area (Å²) in [6.07, 6.45) is 4.20. The molecule has 0 saturated heterocycles. The van der Waals surface area contributed by atoms with Crippen molar-refractivity contribution >= 4 is 23.4 Å². The number of hydrogen-bond donors (Lipinski definition) is 1. The molecule has 0 radical (unpaired) electrons. The molecule has 0 aliphatic carbocycles. The van der Waals surface area contributed by atoms with Crippen LogP contribution < -0.4 is 5.32 Å². The second-order valence-corrected chi connectivity index (χ2v) is 9.29. The molecule has 0 saturated carbocycles. The summed E-state index contributed by atoms with van der Waals surface area (Å²) in [7, 11) is 0. The van der Waals surface area contributed by atoms with E-state index >= 15 is 0 Å². The number of rotatable bonds is 6. The first-order chi connectivity index (χ1) is 16.6. The van der Waals surface area contributed by atoms with E-state index in [1.165, 1.54) is 17.8 Å². The number of anilines is 1. The van der Waals surface area contributed by atoms with Crippen molar-refractivity contribution in [3.8, 4) is 11.4 Å². The molecule has 2 aromatic heterocycles. The van der Waals surface area contributed by atoms with E-state index in [0.29, 0.717) is 17.1 Å². The van der Waals surface area contributed by atoms with Gasteiger partial charge in [0.05, 0.1) is 22.7 Å². The Kier molecular flexibility index (Phi) is 6.44. The average Bonchev–Trinajstić information content (AvgIpc) is 3.37. The number of hydrogen-bond acceptors (Lipinski definition) is 6. The first-order valence-electron chi connectivity index (χ1n) is 11.3. The molecule has 1 aliphatic rings. The van der Waals surface area contributed by atoms with Crippen LogP contribution in [0.1, 0.15) is 46.9 Å². The number of carbonyl (C=O) groups excluding carboxylic acids is 1. The number of aromatic nitrogens is 4. The topological polar surface area (TPSA) is 85.8 Å². The highest BCUT2D eigenvalue weighted by Crippen LogP contribution is 2.29. The third-order valence-corrected chi connectivity index (χ3v) is 6.86. The van der Waals surface area contributed by atoms with Crippen molar-refractivity contribution in [1.29, 1.82) is 0 Å². The molecule has 7 nitrogen and oxygen atoms in total. The second-order valence-electron chi connectivity index (χ2n) is 8.27. The molecule has 0 fully saturated rings. The first-order valence-corrected chi connectivity index (χ1v) is 12.2. The minimum absolute atomic E-state index is 0.110. The minimum atomic E-state index is -0.505. The lowest BCUT2D eigenvalue weighted by Gasteiger charge is -2.12. The molecule has 0 spiro atoms. The number of carbonyl (C=O) groups is 1. The standard InChI is InChI=1S/C25H24FN5O2S/c1-16-13-18(33-30-16)15-34-22-8-5-4-7-19(22)25(32)27-21-14-17(10-11-20(21)26)24-29-28-23-9-3-2-6-12-31(23)24/h4-5,7-8,10-11,13-14H,2-3,6,9,12,15H2,1H3,(H,27,32). The molecule has 3 heterocycles. The predicted octanol–water partition coefficient (Wildman–Crippen LogP) is 5.65. The molecular formula is C25H24FN5O2S. The summed E-state index contributed by atoms with van der Waals surface area (Å²) in [4.78, 5) is 13.9. The summed E-state index contributed by atoms with van der Waals surface area (Å²) in [5.74, 6) is 2.03. The Morgan fingerprint density at radius 1 is 1.15 bits per heavy atom. The van der Waals surface area contributed by atoms with Gasteiger partial charge in [-0.25, -0.2) is 4.39 Å². The Morgan fingerprint density at radius 2 is 2.03 bits per heavy atom. The van der Waals surface area contributed by atoms with Crippen LogP contribution in [0.3, 0.4) is 0 Å². The molecule has 2 aromatic carbocycles. The van der Waals surface area contributed by atoms with E-state index < -0.39 is 5.82 Å². The van der Waals surface area contributed by atoms with Crippen molar-refractivity contribution in [3.05, 3.63) is 77.2 Å². The van der Waals surface area contributed by atoms with E-state index in [4.69, 9.17) is 4.52 Å². The van der Waals surface area contributed by atoms with Crippen molar-refractivity contribution in [2.45, 2.75) is 49.8 Å². The number of aryl methyl sites for hydroxylation is 2. The van der Waals surface area contributed by atoms with Gasteiger partial charge in [0.1, 0.15) is 17.4 Å². The molecular weight excluding hydrogens is 453 g/mol. The number of nitrogens with one attached hydrogen (secondary N) is 1. The Labute approximate surface area is 200 Å². The molecule has 0 bridgehead atoms. The van der Waals surface area contributed by atoms with E-state index in [1.807, 2.05) is 25.1 Å². The van der Waals surface area contributed by atoms with Gasteiger partial charge in [0.25, 0.3) is 5.91 Å². The van der Waals surface area contributed by atoms with E-state index in [0.717, 1.165) is 60.0 Å². The average molecular weight is 478 g/mol. The number of thioether (sulfide) groups is 1. The Bertz CT molecular complexity index is 1330. The molecule has 1 N–H and O–H groups in total. The quantitative estimate of drug-likeness (QED) is 0.361. The Hall–Kier alpha value is -3.46. The lowest BCUT2D eigenvalue weighted by atomic mass is 10.1. The molecule has 0 atom stereocenters. The number of fused-ring (bicyclic) bond motifs is 1. The fourth-order valence-corrected chi connectivity index (χ4v) is 4.99. The maximum absolute atomic E-state index is 14.7. The highest BCUT2D eigenvalue weighted by Gasteiger charge is 2.19. The van der Waals surface area contributed by atoms with E-state index in [-0.39, 0.29) is 11.6 Å². The maximum atomic E-state index is 14.7. The van der Waals surface area contributed by atoms with Crippen molar-refractivity contribution < 1.29 is 13.7 Å². The van der Waals surface area contributed by atoms with Crippen LogP contribution in [0.4, 0.5) is 10.1 Å². The van der Waals surface area contributed by atoms with Gasteiger partial charge in [-0.05, 0) is 50.1 Å². The molecule has 9 heteroatoms. The van der Waals surface area contributed by atoms with E-state index in [2.05, 4.69) is 25.2 Å². The third-order valence-electron chi connectivity index (χ3n) is 5.76. The first kappa shape index (κ1) is 22.3. The number of benzene rings is 2. The summed E-state index contributed by atoms with van der Waals surface area (Å²) in [6, 6.07) is 13.8. The van der Waals surface area contributed by atoms with Crippen LogP contribution in [0.25, 0.3) is 11.4 Å². The normalized spacial score (nSPS) is 13.4. The lowest BCUT2D eigenvalue weighted by Crippen LogP contribution is -2.14. The summed E-state index contributed by atoms with van der Waals surface area (Å²) in [5.41, 5.74) is 2.10. The van der Waals surface area contributed by atoms with Crippen LogP contribution in [-0.4, -0.2) is 25.8 Å². The zero-order valence-corrected chi connectivity index (χ0v) is 19.6. The van der Waals surface area contributed by atoms with Crippen molar-refractivity contribution in [1.82, 2.24) is 19.9 Å². The van der Waals surface area contributed by atoms with E-state index in [9.17, 15) is 9.18 Å². The molecule has 1 aliphatic heterocycles. The van der Waals surface area contributed by atoms with Gasteiger partial charge in [-0.3, -0.25) is 4.79 Å². The summed E-state index contributed by atoms with van der Waals surface area (Å²) in [5, 5.41) is 15.3. The Morgan fingerprint density at radius 3 is 2.88 bits per heavy atom. The lowest BCUT2D eigenvalue weighted by molar-refractivity contribution is 0.102. The second kappa shape index (κ2) is 9.80. The highest BCUT2D eigenvalue weighted by atomic mass is 32.2. The van der Waals surface area contributed by atoms with Crippen LogP contribution in [0.5, 0.6) is 0 Å². The van der Waals surface area contributed by atoms with Gasteiger partial charge in [-0.2, -0.15) is 0 Å². The van der Waals surface area contributed by atoms with Gasteiger partial charge in [0.2, 0.25) is 0 Å². The monoisotopic (exact) mass is 477 g/mol. The Balaban J connectivity index is 1.37. The highest BCUT2D eigenvalue weighted by molar-refractivity contribution is 7.98. The van der Waals surface area contributed by atoms with Crippen LogP contribution in [0, 0.1) is 12.7 Å². The van der Waals surface area contributed by atoms with E-state index in [1.54, 1.807) is 24.3 Å². The summed E-state index contributed by atoms with van der Waals surface area (Å²) in [6.45, 7) is 2.70. The van der Waals surface area contributed by atoms with Crippen molar-refractivity contribution in [3.63, 3.8) is 0 Å².